The number of aryl methyl sites for hydroxylation is 1. The number of Topliss-reactive ketones (excluding diaryl/α,β-unsaturated/α-hetero) is 1. The van der Waals surface area contributed by atoms with Crippen molar-refractivity contribution in [2.45, 2.75) is 33.1 Å². The molecular formula is C26H30Cl2N2O4S. The molecule has 0 saturated heterocycles. The summed E-state index contributed by atoms with van der Waals surface area (Å²) < 4.78 is 0. The van der Waals surface area contributed by atoms with Crippen molar-refractivity contribution in [3.8, 4) is 5.75 Å². The van der Waals surface area contributed by atoms with E-state index in [1.807, 2.05) is 18.2 Å². The smallest absolute Gasteiger partial charge is 0.307 e. The molecule has 0 fully saturated rings. The second-order valence-electron chi connectivity index (χ2n) is 7.78. The zero-order valence-corrected chi connectivity index (χ0v) is 22.1. The standard InChI is InChI=1S/C18H16Cl2O4.C8H12N2.H2S/c1-10-6-14(19)17(15(20)7-10)16(22)9-12(18(23)24)8-11-2-4-13(21)5-3-11;1-2-6-9-8-5-3-4-7-10-8;/h2-7,12,21H,8-9H2,1H3,(H,23,24);3-5,7H,2,6H2,1H3,(H,9,10);1H2/t12-;;/m1../s1. The Balaban J connectivity index is 0.000000468. The van der Waals surface area contributed by atoms with Crippen LogP contribution in [0.5, 0.6) is 5.75 Å². The number of hydrogen-bond acceptors (Lipinski definition) is 5. The van der Waals surface area contributed by atoms with Gasteiger partial charge in [0.1, 0.15) is 11.6 Å². The van der Waals surface area contributed by atoms with Crippen LogP contribution in [0, 0.1) is 12.8 Å². The van der Waals surface area contributed by atoms with E-state index in [9.17, 15) is 19.8 Å². The van der Waals surface area contributed by atoms with Crippen LogP contribution in [0.3, 0.4) is 0 Å². The molecule has 1 aromatic heterocycles. The summed E-state index contributed by atoms with van der Waals surface area (Å²) >= 11 is 12.2. The number of nitrogens with zero attached hydrogens (tertiary/aromatic N) is 1. The molecule has 188 valence electrons. The van der Waals surface area contributed by atoms with Gasteiger partial charge in [-0.05, 0) is 67.3 Å². The van der Waals surface area contributed by atoms with E-state index in [0.29, 0.717) is 5.56 Å². The van der Waals surface area contributed by atoms with Crippen molar-refractivity contribution < 1.29 is 19.8 Å². The van der Waals surface area contributed by atoms with Crippen LogP contribution in [-0.2, 0) is 11.2 Å². The van der Waals surface area contributed by atoms with Gasteiger partial charge in [-0.2, -0.15) is 13.5 Å². The fraction of sp³-hybridized carbons (Fsp3) is 0.269. The first kappa shape index (κ1) is 30.3. The molecule has 3 aromatic rings. The van der Waals surface area contributed by atoms with Crippen LogP contribution in [0.1, 0.15) is 41.3 Å². The maximum absolute atomic E-state index is 12.5. The van der Waals surface area contributed by atoms with Crippen molar-refractivity contribution >= 4 is 54.3 Å². The Hall–Kier alpha value is -2.74. The molecule has 3 N–H and O–H groups in total. The van der Waals surface area contributed by atoms with E-state index in [0.717, 1.165) is 24.3 Å². The van der Waals surface area contributed by atoms with E-state index < -0.39 is 17.7 Å². The van der Waals surface area contributed by atoms with Crippen LogP contribution in [0.25, 0.3) is 0 Å². The SMILES string of the molecule is CCCNc1ccccn1.Cc1cc(Cl)c(C(=O)C[C@@H](Cc2ccc(O)cc2)C(=O)O)c(Cl)c1.S. The van der Waals surface area contributed by atoms with Gasteiger partial charge in [0.25, 0.3) is 0 Å². The summed E-state index contributed by atoms with van der Waals surface area (Å²) in [6.07, 6.45) is 2.88. The zero-order valence-electron chi connectivity index (χ0n) is 19.6. The molecule has 35 heavy (non-hydrogen) atoms. The van der Waals surface area contributed by atoms with Gasteiger partial charge in [-0.1, -0.05) is 48.3 Å². The number of aromatic nitrogens is 1. The number of anilines is 1. The summed E-state index contributed by atoms with van der Waals surface area (Å²) in [6.45, 7) is 4.93. The summed E-state index contributed by atoms with van der Waals surface area (Å²) in [7, 11) is 0. The molecule has 0 unspecified atom stereocenters. The molecule has 0 aliphatic heterocycles. The molecule has 0 amide bonds. The number of phenols is 1. The molecule has 1 heterocycles. The lowest BCUT2D eigenvalue weighted by Gasteiger charge is -2.13. The number of benzene rings is 2. The number of carbonyl (C=O) groups is 2. The number of pyridine rings is 1. The highest BCUT2D eigenvalue weighted by Crippen LogP contribution is 2.29. The first-order chi connectivity index (χ1) is 16.2. The van der Waals surface area contributed by atoms with Crippen LogP contribution in [0.15, 0.2) is 60.8 Å². The molecule has 2 aromatic carbocycles. The van der Waals surface area contributed by atoms with Crippen molar-refractivity contribution in [3.63, 3.8) is 0 Å². The van der Waals surface area contributed by atoms with E-state index in [4.69, 9.17) is 23.2 Å². The van der Waals surface area contributed by atoms with Crippen LogP contribution >= 0.6 is 36.7 Å². The molecule has 0 saturated carbocycles. The highest BCUT2D eigenvalue weighted by Gasteiger charge is 2.25. The van der Waals surface area contributed by atoms with E-state index in [-0.39, 0.29) is 47.7 Å². The van der Waals surface area contributed by atoms with E-state index in [1.165, 1.54) is 12.1 Å². The number of carbonyl (C=O) groups excluding carboxylic acids is 1. The van der Waals surface area contributed by atoms with Gasteiger partial charge in [0.2, 0.25) is 0 Å². The Labute approximate surface area is 222 Å². The largest absolute Gasteiger partial charge is 0.508 e. The molecule has 0 radical (unpaired) electrons. The summed E-state index contributed by atoms with van der Waals surface area (Å²) in [6, 6.07) is 15.3. The van der Waals surface area contributed by atoms with Crippen molar-refractivity contribution in [1.29, 1.82) is 0 Å². The Morgan fingerprint density at radius 3 is 2.20 bits per heavy atom. The summed E-state index contributed by atoms with van der Waals surface area (Å²) in [4.78, 5) is 28.1. The maximum Gasteiger partial charge on any atom is 0.307 e. The van der Waals surface area contributed by atoms with E-state index in [2.05, 4.69) is 17.2 Å². The summed E-state index contributed by atoms with van der Waals surface area (Å²) in [5.74, 6) is -1.33. The number of rotatable bonds is 9. The number of hydrogen-bond donors (Lipinski definition) is 3. The first-order valence-corrected chi connectivity index (χ1v) is 11.6. The number of halogens is 2. The van der Waals surface area contributed by atoms with Gasteiger partial charge in [0, 0.05) is 19.2 Å². The van der Waals surface area contributed by atoms with Gasteiger partial charge in [-0.25, -0.2) is 4.98 Å². The van der Waals surface area contributed by atoms with Crippen LogP contribution < -0.4 is 5.32 Å². The second kappa shape index (κ2) is 15.3. The lowest BCUT2D eigenvalue weighted by molar-refractivity contribution is -0.141. The third-order valence-electron chi connectivity index (χ3n) is 4.89. The fourth-order valence-electron chi connectivity index (χ4n) is 3.18. The minimum absolute atomic E-state index is 0. The lowest BCUT2D eigenvalue weighted by atomic mass is 9.92. The van der Waals surface area contributed by atoms with Crippen LogP contribution in [-0.4, -0.2) is 33.5 Å². The molecule has 0 aliphatic rings. The average Bonchev–Trinajstić information content (AvgIpc) is 2.79. The Kier molecular flexibility index (Phi) is 13.2. The molecule has 0 bridgehead atoms. The Morgan fingerprint density at radius 1 is 1.06 bits per heavy atom. The summed E-state index contributed by atoms with van der Waals surface area (Å²) in [5.41, 5.74) is 1.69. The Morgan fingerprint density at radius 2 is 1.69 bits per heavy atom. The molecule has 6 nitrogen and oxygen atoms in total. The number of ketones is 1. The highest BCUT2D eigenvalue weighted by atomic mass is 35.5. The third kappa shape index (κ3) is 10.2. The van der Waals surface area contributed by atoms with Crippen molar-refractivity contribution in [2.24, 2.45) is 5.92 Å². The second-order valence-corrected chi connectivity index (χ2v) is 8.59. The number of nitrogens with one attached hydrogen (secondary N) is 1. The van der Waals surface area contributed by atoms with Gasteiger partial charge in [0.15, 0.2) is 5.78 Å². The average molecular weight is 538 g/mol. The van der Waals surface area contributed by atoms with Gasteiger partial charge in [-0.15, -0.1) is 0 Å². The van der Waals surface area contributed by atoms with E-state index >= 15 is 0 Å². The van der Waals surface area contributed by atoms with Crippen molar-refractivity contribution in [1.82, 2.24) is 4.98 Å². The topological polar surface area (TPSA) is 99.5 Å². The van der Waals surface area contributed by atoms with Crippen LogP contribution in [0.2, 0.25) is 10.0 Å². The minimum Gasteiger partial charge on any atom is -0.508 e. The van der Waals surface area contributed by atoms with Crippen molar-refractivity contribution in [3.05, 3.63) is 87.5 Å². The quantitative estimate of drug-likeness (QED) is 0.268. The number of aromatic hydroxyl groups is 1. The Bertz CT molecular complexity index is 1070. The first-order valence-electron chi connectivity index (χ1n) is 10.9. The maximum atomic E-state index is 12.5. The molecule has 9 heteroatoms. The van der Waals surface area contributed by atoms with Gasteiger partial charge < -0.3 is 15.5 Å². The number of carboxylic acid groups (broad SMARTS) is 1. The normalized spacial score (nSPS) is 10.9. The fourth-order valence-corrected chi connectivity index (χ4v) is 3.98. The molecule has 3 rings (SSSR count). The number of carboxylic acids is 1. The zero-order chi connectivity index (χ0) is 25.1. The van der Waals surface area contributed by atoms with E-state index in [1.54, 1.807) is 37.4 Å². The molecule has 0 spiro atoms. The van der Waals surface area contributed by atoms with Gasteiger partial charge in [-0.3, -0.25) is 9.59 Å². The summed E-state index contributed by atoms with van der Waals surface area (Å²) in [5, 5.41) is 22.3. The predicted octanol–water partition coefficient (Wildman–Crippen LogP) is 6.54. The van der Waals surface area contributed by atoms with Crippen molar-refractivity contribution in [2.75, 3.05) is 11.9 Å². The lowest BCUT2D eigenvalue weighted by Crippen LogP contribution is -2.21. The van der Waals surface area contributed by atoms with Gasteiger partial charge in [0.05, 0.1) is 21.5 Å². The number of phenolic OH excluding ortho intramolecular Hbond substituents is 1. The monoisotopic (exact) mass is 536 g/mol. The third-order valence-corrected chi connectivity index (χ3v) is 5.48. The number of aliphatic carboxylic acids is 1. The molecule has 1 atom stereocenters. The predicted molar refractivity (Wildman–Crippen MR) is 146 cm³/mol. The molecule has 0 aliphatic carbocycles. The van der Waals surface area contributed by atoms with Crippen LogP contribution in [0.4, 0.5) is 5.82 Å². The highest BCUT2D eigenvalue weighted by molar-refractivity contribution is 7.59. The molecular weight excluding hydrogens is 507 g/mol. The minimum atomic E-state index is -1.07. The van der Waals surface area contributed by atoms with Gasteiger partial charge >= 0.3 is 5.97 Å².